The zero-order valence-electron chi connectivity index (χ0n) is 9.33. The molecule has 0 bridgehead atoms. The highest BCUT2D eigenvalue weighted by Gasteiger charge is 2.01. The highest BCUT2D eigenvalue weighted by Crippen LogP contribution is 2.10. The maximum Gasteiger partial charge on any atom is 0.244 e. The van der Waals surface area contributed by atoms with Gasteiger partial charge in [-0.25, -0.2) is 0 Å². The number of likely N-dealkylation sites (N-methyl/N-ethyl adjacent to an activating group) is 1. The molecule has 1 heterocycles. The summed E-state index contributed by atoms with van der Waals surface area (Å²) in [6.45, 7) is 2.35. The summed E-state index contributed by atoms with van der Waals surface area (Å²) >= 11 is 2.04. The van der Waals surface area contributed by atoms with Crippen molar-refractivity contribution in [2.45, 2.75) is 6.92 Å². The van der Waals surface area contributed by atoms with Crippen molar-refractivity contribution in [3.05, 3.63) is 27.7 Å². The van der Waals surface area contributed by atoms with E-state index in [0.29, 0.717) is 12.3 Å². The molecule has 1 rings (SSSR count). The fraction of sp³-hybridized carbons (Fsp3) is 0.273. The third-order valence-corrected chi connectivity index (χ3v) is 2.37. The third-order valence-electron chi connectivity index (χ3n) is 1.79. The van der Waals surface area contributed by atoms with Gasteiger partial charge >= 0.3 is 0 Å². The second-order valence-corrected chi connectivity index (χ2v) is 4.21. The van der Waals surface area contributed by atoms with Gasteiger partial charge in [-0.1, -0.05) is 0 Å². The molecule has 0 saturated carbocycles. The Balaban J connectivity index is 2.34. The number of carbonyl (C=O) groups is 2. The Morgan fingerprint density at radius 2 is 2.18 bits per heavy atom. The van der Waals surface area contributed by atoms with Crippen molar-refractivity contribution < 1.29 is 14.0 Å². The minimum Gasteiger partial charge on any atom is -0.451 e. The van der Waals surface area contributed by atoms with Crippen LogP contribution >= 0.6 is 22.6 Å². The summed E-state index contributed by atoms with van der Waals surface area (Å²) in [6.07, 6.45) is 2.88. The molecule has 17 heavy (non-hydrogen) atoms. The average molecular weight is 348 g/mol. The predicted molar refractivity (Wildman–Crippen MR) is 72.2 cm³/mol. The summed E-state index contributed by atoms with van der Waals surface area (Å²) in [5.41, 5.74) is 0. The van der Waals surface area contributed by atoms with Crippen LogP contribution in [-0.2, 0) is 9.59 Å². The van der Waals surface area contributed by atoms with E-state index >= 15 is 0 Å². The molecule has 1 aromatic rings. The molecule has 0 aliphatic heterocycles. The fourth-order valence-corrected chi connectivity index (χ4v) is 1.50. The predicted octanol–water partition coefficient (Wildman–Crippen LogP) is 1.15. The van der Waals surface area contributed by atoms with E-state index in [-0.39, 0.29) is 18.4 Å². The quantitative estimate of drug-likeness (QED) is 0.620. The number of nitrogens with one attached hydrogen (secondary N) is 2. The van der Waals surface area contributed by atoms with Crippen LogP contribution in [0.15, 0.2) is 22.6 Å². The monoisotopic (exact) mass is 348 g/mol. The van der Waals surface area contributed by atoms with Gasteiger partial charge in [0.05, 0.1) is 6.54 Å². The van der Waals surface area contributed by atoms with E-state index in [1.807, 2.05) is 29.5 Å². The number of hydrogen-bond acceptors (Lipinski definition) is 3. The van der Waals surface area contributed by atoms with Crippen molar-refractivity contribution in [3.63, 3.8) is 0 Å². The lowest BCUT2D eigenvalue weighted by Crippen LogP contribution is -2.35. The van der Waals surface area contributed by atoms with Crippen molar-refractivity contribution in [1.29, 1.82) is 0 Å². The Labute approximate surface area is 113 Å². The third kappa shape index (κ3) is 5.53. The van der Waals surface area contributed by atoms with Gasteiger partial charge in [0, 0.05) is 12.6 Å². The zero-order chi connectivity index (χ0) is 12.7. The molecular weight excluding hydrogens is 335 g/mol. The van der Waals surface area contributed by atoms with Crippen LogP contribution in [0.4, 0.5) is 0 Å². The van der Waals surface area contributed by atoms with Gasteiger partial charge < -0.3 is 15.1 Å². The standard InChI is InChI=1S/C11H13IN2O3/c1-2-13-11(16)7-14-10(15)6-4-8-3-5-9(12)17-8/h3-6H,2,7H2,1H3,(H,13,16)(H,14,15). The molecule has 0 radical (unpaired) electrons. The lowest BCUT2D eigenvalue weighted by atomic mass is 10.4. The van der Waals surface area contributed by atoms with Crippen LogP contribution in [-0.4, -0.2) is 24.9 Å². The molecule has 0 atom stereocenters. The first-order chi connectivity index (χ1) is 8.11. The Morgan fingerprint density at radius 3 is 2.76 bits per heavy atom. The molecule has 0 aliphatic carbocycles. The lowest BCUT2D eigenvalue weighted by molar-refractivity contribution is -0.123. The first kappa shape index (κ1) is 13.8. The molecule has 6 heteroatoms. The highest BCUT2D eigenvalue weighted by atomic mass is 127. The number of carbonyl (C=O) groups excluding carboxylic acids is 2. The summed E-state index contributed by atoms with van der Waals surface area (Å²) in [5.74, 6) is 0.0621. The molecule has 5 nitrogen and oxygen atoms in total. The van der Waals surface area contributed by atoms with Gasteiger partial charge in [-0.05, 0) is 47.7 Å². The number of hydrogen-bond donors (Lipinski definition) is 2. The highest BCUT2D eigenvalue weighted by molar-refractivity contribution is 14.1. The van der Waals surface area contributed by atoms with Crippen LogP contribution in [0.25, 0.3) is 6.08 Å². The van der Waals surface area contributed by atoms with Crippen molar-refractivity contribution in [2.75, 3.05) is 13.1 Å². The summed E-state index contributed by atoms with van der Waals surface area (Å²) < 4.78 is 5.99. The van der Waals surface area contributed by atoms with E-state index in [2.05, 4.69) is 10.6 Å². The van der Waals surface area contributed by atoms with Crippen molar-refractivity contribution >= 4 is 40.5 Å². The van der Waals surface area contributed by atoms with Gasteiger partial charge in [0.2, 0.25) is 11.8 Å². The molecule has 92 valence electrons. The molecule has 0 aromatic carbocycles. The maximum atomic E-state index is 11.3. The molecule has 0 fully saturated rings. The molecule has 2 N–H and O–H groups in total. The summed E-state index contributed by atoms with van der Waals surface area (Å²) in [5, 5.41) is 5.04. The van der Waals surface area contributed by atoms with E-state index in [9.17, 15) is 9.59 Å². The van der Waals surface area contributed by atoms with Crippen molar-refractivity contribution in [2.24, 2.45) is 0 Å². The Kier molecular flexibility index (Phi) is 5.75. The molecule has 0 spiro atoms. The minimum absolute atomic E-state index is 0.0211. The molecule has 0 unspecified atom stereocenters. The van der Waals surface area contributed by atoms with E-state index in [1.165, 1.54) is 6.08 Å². The second kappa shape index (κ2) is 7.10. The number of furan rings is 1. The van der Waals surface area contributed by atoms with E-state index in [4.69, 9.17) is 4.42 Å². The fourth-order valence-electron chi connectivity index (χ4n) is 1.06. The molecule has 2 amide bonds. The van der Waals surface area contributed by atoms with Crippen LogP contribution in [0, 0.1) is 3.77 Å². The van der Waals surface area contributed by atoms with Gasteiger partial charge in [0.1, 0.15) is 5.76 Å². The maximum absolute atomic E-state index is 11.3. The van der Waals surface area contributed by atoms with Crippen molar-refractivity contribution in [1.82, 2.24) is 10.6 Å². The van der Waals surface area contributed by atoms with Crippen molar-refractivity contribution in [3.8, 4) is 0 Å². The van der Waals surface area contributed by atoms with E-state index < -0.39 is 0 Å². The van der Waals surface area contributed by atoms with Crippen LogP contribution in [0.1, 0.15) is 12.7 Å². The van der Waals surface area contributed by atoms with Gasteiger partial charge in [0.25, 0.3) is 0 Å². The van der Waals surface area contributed by atoms with Gasteiger partial charge in [-0.3, -0.25) is 9.59 Å². The number of rotatable bonds is 5. The van der Waals surface area contributed by atoms with E-state index in [0.717, 1.165) is 3.77 Å². The topological polar surface area (TPSA) is 71.3 Å². The summed E-state index contributed by atoms with van der Waals surface area (Å²) in [6, 6.07) is 3.56. The average Bonchev–Trinajstić information content (AvgIpc) is 2.70. The Hall–Kier alpha value is -1.31. The van der Waals surface area contributed by atoms with Gasteiger partial charge in [0.15, 0.2) is 3.77 Å². The Bertz CT molecular complexity index is 426. The first-order valence-corrected chi connectivity index (χ1v) is 6.17. The molecule has 0 saturated heterocycles. The second-order valence-electron chi connectivity index (χ2n) is 3.15. The first-order valence-electron chi connectivity index (χ1n) is 5.09. The lowest BCUT2D eigenvalue weighted by Gasteiger charge is -2.01. The Morgan fingerprint density at radius 1 is 1.41 bits per heavy atom. The molecule has 1 aromatic heterocycles. The van der Waals surface area contributed by atoms with Crippen LogP contribution < -0.4 is 10.6 Å². The smallest absolute Gasteiger partial charge is 0.244 e. The van der Waals surface area contributed by atoms with Gasteiger partial charge in [-0.2, -0.15) is 0 Å². The SMILES string of the molecule is CCNC(=O)CNC(=O)C=Cc1ccc(I)o1. The number of amides is 2. The normalized spacial score (nSPS) is 10.5. The molecular formula is C11H13IN2O3. The number of halogens is 1. The van der Waals surface area contributed by atoms with Crippen LogP contribution in [0.3, 0.4) is 0 Å². The van der Waals surface area contributed by atoms with Gasteiger partial charge in [-0.15, -0.1) is 0 Å². The van der Waals surface area contributed by atoms with E-state index in [1.54, 1.807) is 18.2 Å². The van der Waals surface area contributed by atoms with Crippen LogP contribution in [0.2, 0.25) is 0 Å². The largest absolute Gasteiger partial charge is 0.451 e. The summed E-state index contributed by atoms with van der Waals surface area (Å²) in [4.78, 5) is 22.4. The molecule has 0 aliphatic rings. The van der Waals surface area contributed by atoms with Crippen LogP contribution in [0.5, 0.6) is 0 Å². The summed E-state index contributed by atoms with van der Waals surface area (Å²) in [7, 11) is 0. The minimum atomic E-state index is -0.331. The zero-order valence-corrected chi connectivity index (χ0v) is 11.5.